The molecule has 0 radical (unpaired) electrons. The summed E-state index contributed by atoms with van der Waals surface area (Å²) in [5.41, 5.74) is 3.73. The van der Waals surface area contributed by atoms with E-state index >= 15 is 0 Å². The third-order valence-corrected chi connectivity index (χ3v) is 6.04. The number of nitrogens with zero attached hydrogens (tertiary/aromatic N) is 1. The predicted octanol–water partition coefficient (Wildman–Crippen LogP) is 4.98. The molecule has 4 rings (SSSR count). The van der Waals surface area contributed by atoms with Gasteiger partial charge in [-0.2, -0.15) is 0 Å². The zero-order valence-electron chi connectivity index (χ0n) is 19.4. The third kappa shape index (κ3) is 3.25. The summed E-state index contributed by atoms with van der Waals surface area (Å²) in [7, 11) is 8.46. The van der Waals surface area contributed by atoms with Gasteiger partial charge in [-0.25, -0.2) is 0 Å². The van der Waals surface area contributed by atoms with E-state index in [4.69, 9.17) is 23.7 Å². The van der Waals surface area contributed by atoms with Crippen LogP contribution in [0.2, 0.25) is 0 Å². The molecule has 0 aliphatic carbocycles. The van der Waals surface area contributed by atoms with Gasteiger partial charge in [-0.1, -0.05) is 0 Å². The molecule has 1 aliphatic rings. The summed E-state index contributed by atoms with van der Waals surface area (Å²) in [4.78, 5) is 14.2. The van der Waals surface area contributed by atoms with E-state index in [9.17, 15) is 4.79 Å². The monoisotopic (exact) mass is 437 g/mol. The van der Waals surface area contributed by atoms with E-state index in [-0.39, 0.29) is 6.04 Å². The van der Waals surface area contributed by atoms with Gasteiger partial charge in [0.1, 0.15) is 5.75 Å². The third-order valence-electron chi connectivity index (χ3n) is 6.04. The van der Waals surface area contributed by atoms with Crippen LogP contribution in [-0.2, 0) is 4.79 Å². The van der Waals surface area contributed by atoms with Crippen molar-refractivity contribution in [2.24, 2.45) is 0 Å². The summed E-state index contributed by atoms with van der Waals surface area (Å²) in [6.07, 6.45) is 0. The smallest absolute Gasteiger partial charge is 0.308 e. The SMILES string of the molecule is COc1cc2c(cc1OC)[C@@H](C)N(C)c1c-2c(OC(C)=O)cc2cc(OC)c(OC)cc12. The maximum Gasteiger partial charge on any atom is 0.308 e. The van der Waals surface area contributed by atoms with Crippen LogP contribution in [-0.4, -0.2) is 41.5 Å². The Bertz CT molecular complexity index is 1220. The van der Waals surface area contributed by atoms with E-state index in [1.165, 1.54) is 6.92 Å². The second-order valence-corrected chi connectivity index (χ2v) is 7.70. The molecule has 0 saturated carbocycles. The van der Waals surface area contributed by atoms with E-state index in [1.54, 1.807) is 28.4 Å². The zero-order chi connectivity index (χ0) is 23.2. The van der Waals surface area contributed by atoms with Crippen LogP contribution in [0.1, 0.15) is 25.5 Å². The van der Waals surface area contributed by atoms with Crippen molar-refractivity contribution < 1.29 is 28.5 Å². The number of esters is 1. The van der Waals surface area contributed by atoms with Crippen molar-refractivity contribution in [2.45, 2.75) is 19.9 Å². The Morgan fingerprint density at radius 1 is 0.812 bits per heavy atom. The number of fused-ring (bicyclic) bond motifs is 5. The summed E-state index contributed by atoms with van der Waals surface area (Å²) in [6, 6.07) is 9.66. The van der Waals surface area contributed by atoms with Crippen LogP contribution in [0.4, 0.5) is 5.69 Å². The van der Waals surface area contributed by atoms with Gasteiger partial charge in [-0.15, -0.1) is 0 Å². The van der Waals surface area contributed by atoms with Gasteiger partial charge < -0.3 is 28.6 Å². The van der Waals surface area contributed by atoms with Crippen LogP contribution in [0.25, 0.3) is 21.9 Å². The molecule has 0 N–H and O–H groups in total. The van der Waals surface area contributed by atoms with Crippen molar-refractivity contribution in [1.29, 1.82) is 0 Å². The van der Waals surface area contributed by atoms with Crippen LogP contribution >= 0.6 is 0 Å². The normalized spacial score (nSPS) is 14.5. The van der Waals surface area contributed by atoms with Gasteiger partial charge in [-0.05, 0) is 53.8 Å². The lowest BCUT2D eigenvalue weighted by Gasteiger charge is -2.38. The van der Waals surface area contributed by atoms with Crippen LogP contribution in [0, 0.1) is 0 Å². The molecule has 0 spiro atoms. The first-order chi connectivity index (χ1) is 15.3. The Kier molecular flexibility index (Phi) is 5.50. The van der Waals surface area contributed by atoms with E-state index in [0.29, 0.717) is 28.7 Å². The number of methoxy groups -OCH3 is 4. The fourth-order valence-corrected chi connectivity index (χ4v) is 4.41. The molecule has 0 amide bonds. The highest BCUT2D eigenvalue weighted by atomic mass is 16.5. The second-order valence-electron chi connectivity index (χ2n) is 7.70. The number of carbonyl (C=O) groups is 1. The largest absolute Gasteiger partial charge is 0.493 e. The molecular formula is C25H27NO6. The molecule has 0 fully saturated rings. The minimum atomic E-state index is -0.393. The minimum Gasteiger partial charge on any atom is -0.493 e. The number of anilines is 1. The van der Waals surface area contributed by atoms with Gasteiger partial charge >= 0.3 is 5.97 Å². The Morgan fingerprint density at radius 3 is 1.94 bits per heavy atom. The van der Waals surface area contributed by atoms with E-state index in [2.05, 4.69) is 11.8 Å². The van der Waals surface area contributed by atoms with E-state index in [1.807, 2.05) is 37.4 Å². The Labute approximate surface area is 187 Å². The fraction of sp³-hybridized carbons (Fsp3) is 0.320. The lowest BCUT2D eigenvalue weighted by Crippen LogP contribution is -2.27. The Hall–Kier alpha value is -3.61. The highest BCUT2D eigenvalue weighted by molar-refractivity contribution is 6.08. The number of hydrogen-bond donors (Lipinski definition) is 0. The molecule has 7 heteroatoms. The summed E-state index contributed by atoms with van der Waals surface area (Å²) < 4.78 is 27.9. The lowest BCUT2D eigenvalue weighted by molar-refractivity contribution is -0.131. The van der Waals surface area contributed by atoms with Gasteiger partial charge in [0.2, 0.25) is 0 Å². The van der Waals surface area contributed by atoms with Crippen molar-refractivity contribution in [3.8, 4) is 39.9 Å². The van der Waals surface area contributed by atoms with Crippen molar-refractivity contribution in [3.05, 3.63) is 35.9 Å². The van der Waals surface area contributed by atoms with Gasteiger partial charge in [-0.3, -0.25) is 4.79 Å². The molecule has 1 aliphatic heterocycles. The molecule has 3 aromatic carbocycles. The van der Waals surface area contributed by atoms with Crippen molar-refractivity contribution in [3.63, 3.8) is 0 Å². The Balaban J connectivity index is 2.15. The standard InChI is InChI=1S/C25H27NO6/c1-13-16-10-20(29-5)22(31-7)12-18(16)24-23(32-14(2)27)9-15-8-19(28-4)21(30-6)11-17(15)25(24)26(13)3/h8-13H,1-7H3/t13-/m1/s1. The molecule has 0 bridgehead atoms. The molecule has 3 aromatic rings. The van der Waals surface area contributed by atoms with Gasteiger partial charge in [0.25, 0.3) is 0 Å². The molecule has 0 unspecified atom stereocenters. The molecule has 168 valence electrons. The molecule has 0 saturated heterocycles. The quantitative estimate of drug-likeness (QED) is 0.412. The highest BCUT2D eigenvalue weighted by Crippen LogP contribution is 2.54. The maximum atomic E-state index is 12.0. The van der Waals surface area contributed by atoms with Crippen molar-refractivity contribution in [2.75, 3.05) is 40.4 Å². The second kappa shape index (κ2) is 8.15. The van der Waals surface area contributed by atoms with E-state index < -0.39 is 5.97 Å². The minimum absolute atomic E-state index is 0.0289. The molecule has 7 nitrogen and oxygen atoms in total. The topological polar surface area (TPSA) is 66.5 Å². The van der Waals surface area contributed by atoms with Gasteiger partial charge in [0.15, 0.2) is 23.0 Å². The van der Waals surface area contributed by atoms with Crippen LogP contribution < -0.4 is 28.6 Å². The predicted molar refractivity (Wildman–Crippen MR) is 124 cm³/mol. The molecular weight excluding hydrogens is 410 g/mol. The lowest BCUT2D eigenvalue weighted by atomic mass is 9.85. The number of hydrogen-bond acceptors (Lipinski definition) is 7. The summed E-state index contributed by atoms with van der Waals surface area (Å²) >= 11 is 0. The molecule has 1 heterocycles. The van der Waals surface area contributed by atoms with E-state index in [0.717, 1.165) is 33.2 Å². The average Bonchev–Trinajstić information content (AvgIpc) is 2.79. The summed E-state index contributed by atoms with van der Waals surface area (Å²) in [5.74, 6) is 2.56. The molecule has 0 aromatic heterocycles. The number of rotatable bonds is 5. The van der Waals surface area contributed by atoms with Gasteiger partial charge in [0, 0.05) is 24.9 Å². The first-order valence-corrected chi connectivity index (χ1v) is 10.2. The first-order valence-electron chi connectivity index (χ1n) is 10.2. The first kappa shape index (κ1) is 21.6. The van der Waals surface area contributed by atoms with Crippen molar-refractivity contribution >= 4 is 22.4 Å². The van der Waals surface area contributed by atoms with Crippen LogP contribution in [0.3, 0.4) is 0 Å². The van der Waals surface area contributed by atoms with Gasteiger partial charge in [0.05, 0.1) is 40.2 Å². The average molecular weight is 437 g/mol. The maximum absolute atomic E-state index is 12.0. The number of ether oxygens (including phenoxy) is 5. The Morgan fingerprint density at radius 2 is 1.34 bits per heavy atom. The number of benzene rings is 3. The number of carbonyl (C=O) groups excluding carboxylic acids is 1. The molecule has 32 heavy (non-hydrogen) atoms. The van der Waals surface area contributed by atoms with Crippen LogP contribution in [0.15, 0.2) is 30.3 Å². The fourth-order valence-electron chi connectivity index (χ4n) is 4.41. The molecule has 1 atom stereocenters. The highest BCUT2D eigenvalue weighted by Gasteiger charge is 2.33. The zero-order valence-corrected chi connectivity index (χ0v) is 19.4. The summed E-state index contributed by atoms with van der Waals surface area (Å²) in [6.45, 7) is 3.52. The van der Waals surface area contributed by atoms with Crippen molar-refractivity contribution in [1.82, 2.24) is 0 Å². The van der Waals surface area contributed by atoms with Crippen LogP contribution in [0.5, 0.6) is 28.7 Å². The summed E-state index contributed by atoms with van der Waals surface area (Å²) in [5, 5.41) is 1.84.